The quantitative estimate of drug-likeness (QED) is 0.707. The first-order valence-corrected chi connectivity index (χ1v) is 6.13. The molecular weight excluding hydrogens is 174 g/mol. The Morgan fingerprint density at radius 2 is 2.00 bits per heavy atom. The molecule has 0 radical (unpaired) electrons. The molecule has 1 unspecified atom stereocenters. The van der Waals surface area contributed by atoms with Crippen molar-refractivity contribution >= 4 is 0 Å². The number of hydrogen-bond acceptors (Lipinski definition) is 2. The van der Waals surface area contributed by atoms with E-state index in [1.807, 2.05) is 0 Å². The van der Waals surface area contributed by atoms with Gasteiger partial charge in [0, 0.05) is 11.6 Å². The van der Waals surface area contributed by atoms with Gasteiger partial charge in [0.1, 0.15) is 0 Å². The zero-order chi connectivity index (χ0) is 10.0. The van der Waals surface area contributed by atoms with Crippen molar-refractivity contribution in [2.75, 3.05) is 6.61 Å². The molecule has 2 fully saturated rings. The summed E-state index contributed by atoms with van der Waals surface area (Å²) in [5.74, 6) is 0.951. The predicted octanol–water partition coefficient (Wildman–Crippen LogP) is 2.07. The zero-order valence-electron chi connectivity index (χ0n) is 9.26. The average Bonchev–Trinajstić information content (AvgIpc) is 2.74. The Balaban J connectivity index is 1.70. The normalized spacial score (nSPS) is 27.9. The fourth-order valence-corrected chi connectivity index (χ4v) is 2.83. The first-order valence-electron chi connectivity index (χ1n) is 6.13. The number of nitrogens with one attached hydrogen (secondary N) is 1. The summed E-state index contributed by atoms with van der Waals surface area (Å²) in [6.07, 6.45) is 9.36. The first-order chi connectivity index (χ1) is 6.74. The second kappa shape index (κ2) is 4.19. The summed E-state index contributed by atoms with van der Waals surface area (Å²) >= 11 is 0. The summed E-state index contributed by atoms with van der Waals surface area (Å²) in [6.45, 7) is 2.59. The van der Waals surface area contributed by atoms with Gasteiger partial charge < -0.3 is 10.4 Å². The molecule has 0 aromatic heterocycles. The van der Waals surface area contributed by atoms with E-state index in [9.17, 15) is 5.11 Å². The van der Waals surface area contributed by atoms with Crippen LogP contribution in [0.1, 0.15) is 51.9 Å². The van der Waals surface area contributed by atoms with Gasteiger partial charge >= 0.3 is 0 Å². The third-order valence-electron chi connectivity index (χ3n) is 3.87. The topological polar surface area (TPSA) is 32.3 Å². The van der Waals surface area contributed by atoms with Gasteiger partial charge in [0.25, 0.3) is 0 Å². The molecule has 0 spiro atoms. The van der Waals surface area contributed by atoms with E-state index in [2.05, 4.69) is 12.2 Å². The summed E-state index contributed by atoms with van der Waals surface area (Å²) in [7, 11) is 0. The number of aliphatic hydroxyl groups excluding tert-OH is 1. The van der Waals surface area contributed by atoms with Crippen LogP contribution in [0.5, 0.6) is 0 Å². The number of rotatable bonds is 5. The van der Waals surface area contributed by atoms with Gasteiger partial charge in [0.15, 0.2) is 0 Å². The van der Waals surface area contributed by atoms with E-state index in [0.717, 1.165) is 5.92 Å². The van der Waals surface area contributed by atoms with Gasteiger partial charge in [0.05, 0.1) is 6.61 Å². The number of hydrogen-bond donors (Lipinski definition) is 2. The Bertz CT molecular complexity index is 183. The highest BCUT2D eigenvalue weighted by Gasteiger charge is 2.42. The lowest BCUT2D eigenvalue weighted by Crippen LogP contribution is -2.41. The summed E-state index contributed by atoms with van der Waals surface area (Å²) < 4.78 is 0. The lowest BCUT2D eigenvalue weighted by atomic mass is 9.99. The molecule has 2 saturated carbocycles. The molecule has 0 aliphatic heterocycles. The predicted molar refractivity (Wildman–Crippen MR) is 58.2 cm³/mol. The van der Waals surface area contributed by atoms with Gasteiger partial charge in [-0.25, -0.2) is 0 Å². The van der Waals surface area contributed by atoms with Crippen molar-refractivity contribution < 1.29 is 5.11 Å². The summed E-state index contributed by atoms with van der Waals surface area (Å²) in [4.78, 5) is 0. The molecule has 82 valence electrons. The third-order valence-corrected chi connectivity index (χ3v) is 3.87. The molecule has 0 aromatic carbocycles. The third kappa shape index (κ3) is 2.48. The van der Waals surface area contributed by atoms with E-state index in [4.69, 9.17) is 0 Å². The number of aliphatic hydroxyl groups is 1. The summed E-state index contributed by atoms with van der Waals surface area (Å²) in [6, 6.07) is 0.591. The van der Waals surface area contributed by atoms with Crippen LogP contribution in [-0.2, 0) is 0 Å². The van der Waals surface area contributed by atoms with Crippen LogP contribution < -0.4 is 5.32 Å². The Morgan fingerprint density at radius 3 is 2.50 bits per heavy atom. The highest BCUT2D eigenvalue weighted by atomic mass is 16.3. The molecule has 2 nitrogen and oxygen atoms in total. The standard InChI is InChI=1S/C12H23NO/c1-10(8-11-4-2-3-5-11)13-12(9-14)6-7-12/h10-11,13-14H,2-9H2,1H3. The van der Waals surface area contributed by atoms with E-state index in [1.165, 1.54) is 44.9 Å². The van der Waals surface area contributed by atoms with Gasteiger partial charge in [0.2, 0.25) is 0 Å². The highest BCUT2D eigenvalue weighted by Crippen LogP contribution is 2.36. The zero-order valence-corrected chi connectivity index (χ0v) is 9.26. The van der Waals surface area contributed by atoms with Crippen molar-refractivity contribution in [2.24, 2.45) is 5.92 Å². The molecule has 2 heteroatoms. The maximum Gasteiger partial charge on any atom is 0.0613 e. The van der Waals surface area contributed by atoms with Gasteiger partial charge in [-0.05, 0) is 32.1 Å². The molecule has 2 aliphatic rings. The van der Waals surface area contributed by atoms with Crippen molar-refractivity contribution in [2.45, 2.75) is 63.5 Å². The van der Waals surface area contributed by atoms with Gasteiger partial charge in [-0.1, -0.05) is 25.7 Å². The summed E-state index contributed by atoms with van der Waals surface area (Å²) in [5, 5.41) is 12.8. The molecule has 1 atom stereocenters. The Kier molecular flexibility index (Phi) is 3.13. The molecule has 14 heavy (non-hydrogen) atoms. The molecule has 2 aliphatic carbocycles. The van der Waals surface area contributed by atoms with E-state index in [0.29, 0.717) is 12.6 Å². The van der Waals surface area contributed by atoms with E-state index in [-0.39, 0.29) is 5.54 Å². The van der Waals surface area contributed by atoms with Crippen molar-refractivity contribution in [3.05, 3.63) is 0 Å². The minimum Gasteiger partial charge on any atom is -0.394 e. The van der Waals surface area contributed by atoms with Gasteiger partial charge in [-0.3, -0.25) is 0 Å². The Morgan fingerprint density at radius 1 is 1.36 bits per heavy atom. The molecule has 0 aromatic rings. The maximum atomic E-state index is 9.20. The fourth-order valence-electron chi connectivity index (χ4n) is 2.83. The maximum absolute atomic E-state index is 9.20. The van der Waals surface area contributed by atoms with Gasteiger partial charge in [-0.15, -0.1) is 0 Å². The molecule has 0 heterocycles. The minimum atomic E-state index is 0.123. The van der Waals surface area contributed by atoms with Crippen LogP contribution in [0.4, 0.5) is 0 Å². The van der Waals surface area contributed by atoms with Crippen molar-refractivity contribution in [3.63, 3.8) is 0 Å². The molecule has 0 saturated heterocycles. The van der Waals surface area contributed by atoms with E-state index < -0.39 is 0 Å². The van der Waals surface area contributed by atoms with Crippen LogP contribution in [0.25, 0.3) is 0 Å². The Hall–Kier alpha value is -0.0800. The van der Waals surface area contributed by atoms with Crippen LogP contribution in [0.3, 0.4) is 0 Å². The molecular formula is C12H23NO. The van der Waals surface area contributed by atoms with Gasteiger partial charge in [-0.2, -0.15) is 0 Å². The second-order valence-electron chi connectivity index (χ2n) is 5.37. The van der Waals surface area contributed by atoms with Crippen LogP contribution in [-0.4, -0.2) is 23.3 Å². The van der Waals surface area contributed by atoms with Crippen molar-refractivity contribution in [3.8, 4) is 0 Å². The molecule has 2 rings (SSSR count). The lowest BCUT2D eigenvalue weighted by Gasteiger charge is -2.23. The van der Waals surface area contributed by atoms with E-state index in [1.54, 1.807) is 0 Å². The molecule has 0 amide bonds. The lowest BCUT2D eigenvalue weighted by molar-refractivity contribution is 0.213. The SMILES string of the molecule is CC(CC1CCCC1)NC1(CO)CC1. The second-order valence-corrected chi connectivity index (χ2v) is 5.37. The van der Waals surface area contributed by atoms with Crippen molar-refractivity contribution in [1.82, 2.24) is 5.32 Å². The molecule has 2 N–H and O–H groups in total. The molecule has 0 bridgehead atoms. The van der Waals surface area contributed by atoms with Crippen LogP contribution in [0.15, 0.2) is 0 Å². The summed E-state index contributed by atoms with van der Waals surface area (Å²) in [5.41, 5.74) is 0.123. The van der Waals surface area contributed by atoms with Crippen LogP contribution in [0.2, 0.25) is 0 Å². The monoisotopic (exact) mass is 197 g/mol. The largest absolute Gasteiger partial charge is 0.394 e. The highest BCUT2D eigenvalue weighted by molar-refractivity contribution is 5.02. The average molecular weight is 197 g/mol. The Labute approximate surface area is 87.1 Å². The smallest absolute Gasteiger partial charge is 0.0613 e. The van der Waals surface area contributed by atoms with Crippen LogP contribution in [0, 0.1) is 5.92 Å². The first kappa shape index (κ1) is 10.4. The van der Waals surface area contributed by atoms with Crippen molar-refractivity contribution in [1.29, 1.82) is 0 Å². The minimum absolute atomic E-state index is 0.123. The fraction of sp³-hybridized carbons (Fsp3) is 1.00. The van der Waals surface area contributed by atoms with E-state index >= 15 is 0 Å². The van der Waals surface area contributed by atoms with Crippen LogP contribution >= 0.6 is 0 Å².